The van der Waals surface area contributed by atoms with Crippen LogP contribution < -0.4 is 0 Å². The second-order valence-corrected chi connectivity index (χ2v) is 8.63. The molecule has 0 aliphatic carbocycles. The van der Waals surface area contributed by atoms with E-state index in [0.717, 1.165) is 10.0 Å². The number of hydrogen-bond donors (Lipinski definition) is 0. The average molecular weight is 450 g/mol. The van der Waals surface area contributed by atoms with Gasteiger partial charge in [0.1, 0.15) is 0 Å². The van der Waals surface area contributed by atoms with E-state index in [1.807, 2.05) is 30.3 Å². The van der Waals surface area contributed by atoms with Crippen LogP contribution in [0.5, 0.6) is 0 Å². The second-order valence-electron chi connectivity index (χ2n) is 5.41. The van der Waals surface area contributed by atoms with Crippen molar-refractivity contribution in [3.63, 3.8) is 0 Å². The van der Waals surface area contributed by atoms with Crippen molar-refractivity contribution < 1.29 is 9.53 Å². The van der Waals surface area contributed by atoms with Gasteiger partial charge in [-0.3, -0.25) is 4.90 Å². The number of carbonyl (C=O) groups is 1. The van der Waals surface area contributed by atoms with Crippen molar-refractivity contribution in [2.45, 2.75) is 15.9 Å². The van der Waals surface area contributed by atoms with Gasteiger partial charge in [-0.15, -0.1) is 0 Å². The molecule has 0 radical (unpaired) electrons. The Kier molecular flexibility index (Phi) is 5.30. The number of alkyl halides is 3. The second kappa shape index (κ2) is 7.12. The summed E-state index contributed by atoms with van der Waals surface area (Å²) in [5.74, 6) is 0. The zero-order valence-corrected chi connectivity index (χ0v) is 16.2. The monoisotopic (exact) mass is 447 g/mol. The molecule has 0 saturated carbocycles. The van der Waals surface area contributed by atoms with Gasteiger partial charge in [-0.25, -0.2) is 4.79 Å². The molecule has 1 fully saturated rings. The van der Waals surface area contributed by atoms with E-state index in [4.69, 9.17) is 39.5 Å². The van der Waals surface area contributed by atoms with Crippen molar-refractivity contribution in [3.05, 3.63) is 70.2 Å². The third-order valence-corrected chi connectivity index (χ3v) is 5.05. The van der Waals surface area contributed by atoms with Gasteiger partial charge < -0.3 is 4.74 Å². The maximum atomic E-state index is 12.4. The highest BCUT2D eigenvalue weighted by atomic mass is 79.9. The van der Waals surface area contributed by atoms with Gasteiger partial charge in [0.25, 0.3) is 0 Å². The molecule has 1 unspecified atom stereocenters. The number of nitrogens with zero attached hydrogens (tertiary/aromatic N) is 1. The summed E-state index contributed by atoms with van der Waals surface area (Å²) < 4.78 is 4.69. The molecular formula is C17H13BrCl3NO2. The molecule has 1 amide bonds. The molecule has 1 saturated heterocycles. The zero-order chi connectivity index (χ0) is 17.3. The Balaban J connectivity index is 1.73. The van der Waals surface area contributed by atoms with Crippen LogP contribution in [0.4, 0.5) is 4.79 Å². The SMILES string of the molecule is O=C(O[C@H](c1ccccc1)C(Cl)(Cl)Cl)N1CC1c1ccccc1Br. The summed E-state index contributed by atoms with van der Waals surface area (Å²) in [5.41, 5.74) is 1.66. The van der Waals surface area contributed by atoms with Crippen LogP contribution >= 0.6 is 50.7 Å². The summed E-state index contributed by atoms with van der Waals surface area (Å²) in [4.78, 5) is 14.0. The number of benzene rings is 2. The van der Waals surface area contributed by atoms with Crippen molar-refractivity contribution in [1.82, 2.24) is 4.90 Å². The number of rotatable bonds is 3. The number of carbonyl (C=O) groups excluding carboxylic acids is 1. The van der Waals surface area contributed by atoms with E-state index >= 15 is 0 Å². The minimum absolute atomic E-state index is 0.0279. The average Bonchev–Trinajstić information content (AvgIpc) is 3.33. The summed E-state index contributed by atoms with van der Waals surface area (Å²) in [5, 5.41) is 0. The molecule has 0 bridgehead atoms. The lowest BCUT2D eigenvalue weighted by Gasteiger charge is -2.25. The lowest BCUT2D eigenvalue weighted by Crippen LogP contribution is -2.26. The van der Waals surface area contributed by atoms with Gasteiger partial charge in [-0.2, -0.15) is 0 Å². The van der Waals surface area contributed by atoms with E-state index in [1.54, 1.807) is 29.2 Å². The molecule has 2 atom stereocenters. The lowest BCUT2D eigenvalue weighted by molar-refractivity contribution is 0.0842. The molecule has 2 aromatic rings. The van der Waals surface area contributed by atoms with Crippen LogP contribution in [0.3, 0.4) is 0 Å². The Morgan fingerprint density at radius 1 is 1.12 bits per heavy atom. The largest absolute Gasteiger partial charge is 0.437 e. The van der Waals surface area contributed by atoms with Crippen LogP contribution in [0, 0.1) is 0 Å². The molecule has 1 aliphatic rings. The third-order valence-electron chi connectivity index (χ3n) is 3.73. The molecule has 0 spiro atoms. The van der Waals surface area contributed by atoms with Crippen LogP contribution in [0.25, 0.3) is 0 Å². The summed E-state index contributed by atoms with van der Waals surface area (Å²) in [6, 6.07) is 16.7. The molecule has 3 rings (SSSR count). The highest BCUT2D eigenvalue weighted by Crippen LogP contribution is 2.45. The first-order valence-corrected chi connectivity index (χ1v) is 9.14. The van der Waals surface area contributed by atoms with Crippen molar-refractivity contribution in [3.8, 4) is 0 Å². The third kappa shape index (κ3) is 3.99. The Bertz CT molecular complexity index is 736. The fourth-order valence-corrected chi connectivity index (χ4v) is 3.53. The molecule has 0 N–H and O–H groups in total. The van der Waals surface area contributed by atoms with E-state index in [9.17, 15) is 4.79 Å². The topological polar surface area (TPSA) is 29.3 Å². The standard InChI is InChI=1S/C17H13BrCl3NO2/c18-13-9-5-4-8-12(13)14-10-22(14)16(23)24-15(17(19,20)21)11-6-2-1-3-7-11/h1-9,14-15H,10H2/t14?,15-,22?/m1/s1. The number of ether oxygens (including phenoxy) is 1. The molecule has 1 aliphatic heterocycles. The van der Waals surface area contributed by atoms with E-state index in [2.05, 4.69) is 15.9 Å². The lowest BCUT2D eigenvalue weighted by atomic mass is 10.1. The van der Waals surface area contributed by atoms with Gasteiger partial charge in [-0.1, -0.05) is 99.3 Å². The Hall–Kier alpha value is -0.940. The van der Waals surface area contributed by atoms with Gasteiger partial charge in [-0.05, 0) is 17.2 Å². The molecule has 1 heterocycles. The Morgan fingerprint density at radius 3 is 2.38 bits per heavy atom. The van der Waals surface area contributed by atoms with E-state index in [0.29, 0.717) is 12.1 Å². The van der Waals surface area contributed by atoms with Crippen molar-refractivity contribution >= 4 is 56.8 Å². The normalized spacial score (nSPS) is 18.2. The highest BCUT2D eigenvalue weighted by molar-refractivity contribution is 9.10. The van der Waals surface area contributed by atoms with Gasteiger partial charge >= 0.3 is 6.09 Å². The molecule has 7 heteroatoms. The summed E-state index contributed by atoms with van der Waals surface area (Å²) >= 11 is 21.5. The number of halogens is 4. The van der Waals surface area contributed by atoms with E-state index in [-0.39, 0.29) is 6.04 Å². The van der Waals surface area contributed by atoms with Crippen LogP contribution in [0.15, 0.2) is 59.1 Å². The maximum Gasteiger partial charge on any atom is 0.411 e. The van der Waals surface area contributed by atoms with E-state index in [1.165, 1.54) is 0 Å². The van der Waals surface area contributed by atoms with Gasteiger partial charge in [0.2, 0.25) is 3.79 Å². The van der Waals surface area contributed by atoms with Crippen LogP contribution in [-0.2, 0) is 4.74 Å². The van der Waals surface area contributed by atoms with Crippen LogP contribution in [-0.4, -0.2) is 21.3 Å². The first-order valence-electron chi connectivity index (χ1n) is 7.21. The Labute approximate surface area is 163 Å². The van der Waals surface area contributed by atoms with Gasteiger partial charge in [0.15, 0.2) is 6.10 Å². The minimum Gasteiger partial charge on any atom is -0.437 e. The fourth-order valence-electron chi connectivity index (χ4n) is 2.47. The number of hydrogen-bond acceptors (Lipinski definition) is 2. The predicted molar refractivity (Wildman–Crippen MR) is 99.5 cm³/mol. The van der Waals surface area contributed by atoms with Crippen molar-refractivity contribution in [2.75, 3.05) is 6.54 Å². The molecular weight excluding hydrogens is 436 g/mol. The summed E-state index contributed by atoms with van der Waals surface area (Å²) in [6.45, 7) is 0.572. The minimum atomic E-state index is -1.75. The molecule has 0 aromatic heterocycles. The smallest absolute Gasteiger partial charge is 0.411 e. The van der Waals surface area contributed by atoms with Crippen LogP contribution in [0.2, 0.25) is 0 Å². The fraction of sp³-hybridized carbons (Fsp3) is 0.235. The first-order chi connectivity index (χ1) is 11.4. The molecule has 2 aromatic carbocycles. The molecule has 126 valence electrons. The number of amides is 1. The van der Waals surface area contributed by atoms with Gasteiger partial charge in [0.05, 0.1) is 6.04 Å². The maximum absolute atomic E-state index is 12.4. The summed E-state index contributed by atoms with van der Waals surface area (Å²) in [7, 11) is 0. The highest BCUT2D eigenvalue weighted by Gasteiger charge is 2.45. The van der Waals surface area contributed by atoms with Crippen molar-refractivity contribution in [1.29, 1.82) is 0 Å². The van der Waals surface area contributed by atoms with Gasteiger partial charge in [0, 0.05) is 11.0 Å². The van der Waals surface area contributed by atoms with E-state index < -0.39 is 16.0 Å². The Morgan fingerprint density at radius 2 is 1.75 bits per heavy atom. The predicted octanol–water partition coefficient (Wildman–Crippen LogP) is 6.05. The molecule has 3 nitrogen and oxygen atoms in total. The summed E-state index contributed by atoms with van der Waals surface area (Å²) in [6.07, 6.45) is -1.48. The quantitative estimate of drug-likeness (QED) is 0.421. The zero-order valence-electron chi connectivity index (χ0n) is 12.3. The van der Waals surface area contributed by atoms with Crippen molar-refractivity contribution in [2.24, 2.45) is 0 Å². The first kappa shape index (κ1) is 17.9. The molecule has 24 heavy (non-hydrogen) atoms. The van der Waals surface area contributed by atoms with Crippen LogP contribution in [0.1, 0.15) is 23.3 Å².